The molecule has 0 aliphatic heterocycles. The SMILES string of the molecule is CC(=S)SCC#N.CCSC(=S)Oc1c(F)c(F)c(F)c(F)c1F.CCSC(=S)c1ccccc1.COC(=S)SC(C)(C)C.COC(=S)SC(C)(C)C#N.COC(=S)SC(C)C. The zero-order chi connectivity index (χ0) is 49.2. The van der Waals surface area contributed by atoms with Crippen molar-refractivity contribution in [1.82, 2.24) is 0 Å². The molecule has 0 saturated carbocycles. The lowest BCUT2D eigenvalue weighted by Crippen LogP contribution is -2.14. The van der Waals surface area contributed by atoms with Crippen LogP contribution in [0.25, 0.3) is 0 Å². The first kappa shape index (κ1) is 67.5. The summed E-state index contributed by atoms with van der Waals surface area (Å²) >= 11 is 37.2. The van der Waals surface area contributed by atoms with Crippen LogP contribution in [-0.2, 0) is 14.2 Å². The first-order chi connectivity index (χ1) is 28.6. The van der Waals surface area contributed by atoms with Gasteiger partial charge in [-0.2, -0.15) is 19.3 Å². The first-order valence-corrected chi connectivity index (χ1v) is 25.3. The summed E-state index contributed by atoms with van der Waals surface area (Å²) in [6.07, 6.45) is 0. The van der Waals surface area contributed by atoms with Crippen LogP contribution in [0, 0.1) is 51.7 Å². The molecule has 348 valence electrons. The fourth-order valence-corrected chi connectivity index (χ4v) is 8.51. The molecule has 2 aromatic rings. The molecule has 0 saturated heterocycles. The highest BCUT2D eigenvalue weighted by Crippen LogP contribution is 2.30. The molecule has 0 heterocycles. The molecule has 0 atom stereocenters. The van der Waals surface area contributed by atoms with E-state index < -0.39 is 39.6 Å². The van der Waals surface area contributed by atoms with Gasteiger partial charge < -0.3 is 18.9 Å². The number of benzene rings is 2. The molecule has 0 aliphatic carbocycles. The van der Waals surface area contributed by atoms with Gasteiger partial charge in [0.2, 0.25) is 52.4 Å². The summed E-state index contributed by atoms with van der Waals surface area (Å²) in [6, 6.07) is 14.2. The normalized spacial score (nSPS) is 9.89. The van der Waals surface area contributed by atoms with Crippen molar-refractivity contribution in [3.05, 3.63) is 65.0 Å². The maximum atomic E-state index is 13.1. The van der Waals surface area contributed by atoms with Crippen LogP contribution in [0.4, 0.5) is 22.0 Å². The Kier molecular flexibility index (Phi) is 42.6. The van der Waals surface area contributed by atoms with Crippen molar-refractivity contribution < 1.29 is 40.9 Å². The lowest BCUT2D eigenvalue weighted by molar-refractivity contribution is 0.348. The lowest BCUT2D eigenvalue weighted by atomic mass is 10.2. The van der Waals surface area contributed by atoms with Gasteiger partial charge in [0.25, 0.3) is 0 Å². The van der Waals surface area contributed by atoms with Crippen molar-refractivity contribution in [2.75, 3.05) is 38.6 Å². The molecule has 2 rings (SSSR count). The van der Waals surface area contributed by atoms with Crippen LogP contribution in [0.3, 0.4) is 0 Å². The number of ether oxygens (including phenoxy) is 4. The zero-order valence-electron chi connectivity index (χ0n) is 36.4. The van der Waals surface area contributed by atoms with Crippen molar-refractivity contribution >= 4 is 170 Å². The van der Waals surface area contributed by atoms with Crippen LogP contribution in [0.2, 0.25) is 0 Å². The third-order valence-electron chi connectivity index (χ3n) is 5.07. The highest BCUT2D eigenvalue weighted by atomic mass is 32.2. The molecule has 62 heavy (non-hydrogen) atoms. The van der Waals surface area contributed by atoms with Gasteiger partial charge in [-0.3, -0.25) is 0 Å². The van der Waals surface area contributed by atoms with Crippen molar-refractivity contribution in [1.29, 1.82) is 10.5 Å². The molecule has 0 aliphatic rings. The van der Waals surface area contributed by atoms with Gasteiger partial charge in [0, 0.05) is 14.2 Å². The highest BCUT2D eigenvalue weighted by molar-refractivity contribution is 8.25. The third-order valence-corrected chi connectivity index (χ3v) is 12.5. The van der Waals surface area contributed by atoms with Crippen LogP contribution in [0.5, 0.6) is 5.75 Å². The molecule has 0 fully saturated rings. The first-order valence-electron chi connectivity index (χ1n) is 17.4. The molecule has 0 radical (unpaired) electrons. The molecule has 0 N–H and O–H groups in total. The molecule has 2 aromatic carbocycles. The summed E-state index contributed by atoms with van der Waals surface area (Å²) in [4.78, 5) is 0. The second kappa shape index (κ2) is 39.1. The second-order valence-electron chi connectivity index (χ2n) is 12.2. The molecular formula is C39H51F5N2O4S12. The quantitative estimate of drug-likeness (QED) is 0.114. The van der Waals surface area contributed by atoms with Crippen molar-refractivity contribution in [3.63, 3.8) is 0 Å². The van der Waals surface area contributed by atoms with Crippen molar-refractivity contribution in [2.24, 2.45) is 0 Å². The van der Waals surface area contributed by atoms with E-state index in [1.165, 1.54) is 30.6 Å². The number of thioether (sulfide) groups is 6. The lowest BCUT2D eigenvalue weighted by Gasteiger charge is -2.16. The van der Waals surface area contributed by atoms with E-state index in [-0.39, 0.29) is 9.13 Å². The van der Waals surface area contributed by atoms with Crippen molar-refractivity contribution in [3.8, 4) is 17.9 Å². The van der Waals surface area contributed by atoms with Crippen molar-refractivity contribution in [2.45, 2.75) is 84.0 Å². The Labute approximate surface area is 422 Å². The number of hydrogen-bond acceptors (Lipinski definition) is 18. The average molecular weight is 1090 g/mol. The Bertz CT molecular complexity index is 1760. The molecule has 0 unspecified atom stereocenters. The monoisotopic (exact) mass is 1090 g/mol. The fraction of sp³-hybridized carbons (Fsp3) is 0.487. The van der Waals surface area contributed by atoms with E-state index in [2.05, 4.69) is 76.8 Å². The summed E-state index contributed by atoms with van der Waals surface area (Å²) in [5, 5.41) is 17.1. The Morgan fingerprint density at radius 1 is 0.661 bits per heavy atom. The maximum Gasteiger partial charge on any atom is 0.226 e. The Balaban J connectivity index is -0.000000335. The maximum absolute atomic E-state index is 13.1. The fourth-order valence-electron chi connectivity index (χ4n) is 2.63. The number of hydrogen-bond donors (Lipinski definition) is 0. The van der Waals surface area contributed by atoms with E-state index in [0.29, 0.717) is 29.9 Å². The summed E-state index contributed by atoms with van der Waals surface area (Å²) in [5.74, 6) is -9.86. The standard InChI is InChI=1S/C9H5F5OS2.C9H10S2.C6H9NOS2.C6H12OS2.C5H10OS2.C4H5NS2/c1-2-17-9(16)15-8-6(13)4(11)3(10)5(12)7(8)14;1-2-11-9(10)8-6-4-3-5-7-8;1-6(2,4-7)10-5(9)8-3;1-6(2,3)9-5(8)7-4;1-4(2)8-5(7)6-3;1-4(6)7-3-2-5/h2H2,1H3;3-7H,2H2,1H3;1-3H3;1-4H3;4H,1-3H3;3H2,1H3. The van der Waals surface area contributed by atoms with Gasteiger partial charge in [-0.05, 0) is 86.7 Å². The van der Waals surface area contributed by atoms with Gasteiger partial charge in [0.05, 0.1) is 43.4 Å². The Morgan fingerprint density at radius 2 is 1.10 bits per heavy atom. The number of methoxy groups -OCH3 is 3. The Morgan fingerprint density at radius 3 is 1.40 bits per heavy atom. The Hall–Kier alpha value is -1.09. The summed E-state index contributed by atoms with van der Waals surface area (Å²) < 4.78 is 85.9. The summed E-state index contributed by atoms with van der Waals surface area (Å²) in [7, 11) is 4.70. The predicted molar refractivity (Wildman–Crippen MR) is 286 cm³/mol. The second-order valence-corrected chi connectivity index (χ2v) is 24.9. The number of rotatable bonds is 7. The van der Waals surface area contributed by atoms with Crippen LogP contribution >= 0.6 is 144 Å². The van der Waals surface area contributed by atoms with E-state index in [1.807, 2.05) is 43.3 Å². The largest absolute Gasteiger partial charge is 0.482 e. The third kappa shape index (κ3) is 38.2. The number of nitriles is 2. The van der Waals surface area contributed by atoms with Crippen LogP contribution in [0.15, 0.2) is 30.3 Å². The summed E-state index contributed by atoms with van der Waals surface area (Å²) in [5.41, 5.74) is 1.16. The van der Waals surface area contributed by atoms with E-state index in [9.17, 15) is 22.0 Å². The van der Waals surface area contributed by atoms with Gasteiger partial charge in [-0.25, -0.2) is 13.2 Å². The van der Waals surface area contributed by atoms with Gasteiger partial charge in [0.15, 0.2) is 0 Å². The minimum atomic E-state index is -2.23. The minimum absolute atomic E-state index is 0.174. The zero-order valence-corrected chi connectivity index (χ0v) is 46.2. The van der Waals surface area contributed by atoms with E-state index in [1.54, 1.807) is 70.3 Å². The van der Waals surface area contributed by atoms with Gasteiger partial charge in [-0.1, -0.05) is 150 Å². The van der Waals surface area contributed by atoms with E-state index >= 15 is 0 Å². The molecule has 23 heteroatoms. The van der Waals surface area contributed by atoms with Crippen LogP contribution in [-0.4, -0.2) is 79.3 Å². The molecule has 0 aromatic heterocycles. The van der Waals surface area contributed by atoms with E-state index in [4.69, 9.17) is 73.6 Å². The number of thiocarbonyl (C=S) groups is 6. The predicted octanol–water partition coefficient (Wildman–Crippen LogP) is 15.0. The molecule has 0 spiro atoms. The van der Waals surface area contributed by atoms with E-state index in [0.717, 1.165) is 31.5 Å². The molecule has 6 nitrogen and oxygen atoms in total. The highest BCUT2D eigenvalue weighted by Gasteiger charge is 2.28. The minimum Gasteiger partial charge on any atom is -0.482 e. The number of nitrogens with zero attached hydrogens (tertiary/aromatic N) is 2. The molecule has 0 amide bonds. The average Bonchev–Trinajstić information content (AvgIpc) is 3.20. The smallest absolute Gasteiger partial charge is 0.226 e. The summed E-state index contributed by atoms with van der Waals surface area (Å²) in [6.45, 7) is 19.7. The van der Waals surface area contributed by atoms with Crippen LogP contribution in [0.1, 0.15) is 74.8 Å². The van der Waals surface area contributed by atoms with Gasteiger partial charge in [-0.15, -0.1) is 23.5 Å². The molecular weight excluding hydrogens is 1040 g/mol. The molecule has 0 bridgehead atoms. The van der Waals surface area contributed by atoms with Gasteiger partial charge in [0.1, 0.15) is 4.75 Å². The van der Waals surface area contributed by atoms with Gasteiger partial charge >= 0.3 is 0 Å². The topological polar surface area (TPSA) is 84.5 Å². The van der Waals surface area contributed by atoms with Crippen LogP contribution < -0.4 is 4.74 Å². The number of halogens is 5.